The summed E-state index contributed by atoms with van der Waals surface area (Å²) in [6.07, 6.45) is 2.04. The van der Waals surface area contributed by atoms with E-state index in [9.17, 15) is 9.59 Å². The van der Waals surface area contributed by atoms with Gasteiger partial charge in [0.15, 0.2) is 5.76 Å². The molecule has 0 saturated carbocycles. The first-order chi connectivity index (χ1) is 10.5. The number of carbonyl (C=O) groups is 2. The third-order valence-corrected chi connectivity index (χ3v) is 3.32. The van der Waals surface area contributed by atoms with E-state index in [1.54, 1.807) is 44.5 Å². The number of aryl methyl sites for hydroxylation is 1. The smallest absolute Gasteiger partial charge is 0.303 e. The Balaban J connectivity index is 2.08. The summed E-state index contributed by atoms with van der Waals surface area (Å²) >= 11 is 0. The molecule has 0 unspecified atom stereocenters. The van der Waals surface area contributed by atoms with E-state index in [1.807, 2.05) is 0 Å². The third-order valence-electron chi connectivity index (χ3n) is 3.32. The van der Waals surface area contributed by atoms with Crippen molar-refractivity contribution in [1.29, 1.82) is 0 Å². The summed E-state index contributed by atoms with van der Waals surface area (Å²) in [7, 11) is 1.66. The van der Waals surface area contributed by atoms with Gasteiger partial charge in [0.1, 0.15) is 5.69 Å². The Morgan fingerprint density at radius 1 is 1.32 bits per heavy atom. The highest BCUT2D eigenvalue weighted by Crippen LogP contribution is 2.20. The van der Waals surface area contributed by atoms with E-state index in [1.165, 1.54) is 4.90 Å². The van der Waals surface area contributed by atoms with Crippen LogP contribution in [-0.2, 0) is 4.79 Å². The van der Waals surface area contributed by atoms with E-state index in [2.05, 4.69) is 4.98 Å². The molecule has 0 spiro atoms. The van der Waals surface area contributed by atoms with E-state index in [0.29, 0.717) is 35.7 Å². The van der Waals surface area contributed by atoms with Crippen LogP contribution in [0.4, 0.5) is 0 Å². The summed E-state index contributed by atoms with van der Waals surface area (Å²) in [6.45, 7) is 2.16. The highest BCUT2D eigenvalue weighted by molar-refractivity contribution is 5.95. The van der Waals surface area contributed by atoms with Gasteiger partial charge >= 0.3 is 5.97 Å². The second-order valence-electron chi connectivity index (χ2n) is 5.03. The molecule has 2 aromatic rings. The third kappa shape index (κ3) is 3.72. The van der Waals surface area contributed by atoms with Gasteiger partial charge in [0, 0.05) is 20.0 Å². The van der Waals surface area contributed by atoms with Crippen molar-refractivity contribution >= 4 is 11.9 Å². The quantitative estimate of drug-likeness (QED) is 0.886. The van der Waals surface area contributed by atoms with Crippen LogP contribution in [-0.4, -0.2) is 40.5 Å². The average Bonchev–Trinajstić information content (AvgIpc) is 3.00. The lowest BCUT2D eigenvalue weighted by molar-refractivity contribution is -0.137. The Labute approximate surface area is 128 Å². The number of furan rings is 1. The number of pyridine rings is 1. The first kappa shape index (κ1) is 15.8. The Morgan fingerprint density at radius 3 is 2.68 bits per heavy atom. The van der Waals surface area contributed by atoms with Crippen molar-refractivity contribution in [2.45, 2.75) is 19.8 Å². The second-order valence-corrected chi connectivity index (χ2v) is 5.03. The summed E-state index contributed by atoms with van der Waals surface area (Å²) in [5, 5.41) is 8.62. The Morgan fingerprint density at radius 2 is 2.09 bits per heavy atom. The first-order valence-corrected chi connectivity index (χ1v) is 6.98. The van der Waals surface area contributed by atoms with Gasteiger partial charge in [0.2, 0.25) is 0 Å². The maximum Gasteiger partial charge on any atom is 0.303 e. The molecule has 0 fully saturated rings. The van der Waals surface area contributed by atoms with E-state index < -0.39 is 5.97 Å². The van der Waals surface area contributed by atoms with Crippen molar-refractivity contribution in [1.82, 2.24) is 9.88 Å². The highest BCUT2D eigenvalue weighted by Gasteiger charge is 2.16. The summed E-state index contributed by atoms with van der Waals surface area (Å²) in [4.78, 5) is 28.8. The summed E-state index contributed by atoms with van der Waals surface area (Å²) in [5.74, 6) is -0.375. The fourth-order valence-electron chi connectivity index (χ4n) is 2.12. The van der Waals surface area contributed by atoms with Crippen LogP contribution >= 0.6 is 0 Å². The van der Waals surface area contributed by atoms with Crippen LogP contribution in [0.2, 0.25) is 0 Å². The highest BCUT2D eigenvalue weighted by atomic mass is 16.4. The number of aliphatic carboxylic acids is 1. The Bertz CT molecular complexity index is 665. The van der Waals surface area contributed by atoms with Gasteiger partial charge in [-0.1, -0.05) is 0 Å². The number of hydrogen-bond donors (Lipinski definition) is 1. The number of carboxylic acid groups (broad SMARTS) is 1. The number of amides is 1. The standard InChI is InChI=1S/C16H18N2O4/c1-11-12(16(21)18(2)9-3-6-15(19)20)7-8-13(17-11)14-5-4-10-22-14/h4-5,7-8,10H,3,6,9H2,1-2H3,(H,19,20). The molecule has 0 bridgehead atoms. The van der Waals surface area contributed by atoms with Crippen LogP contribution < -0.4 is 0 Å². The molecule has 6 heteroatoms. The number of hydrogen-bond acceptors (Lipinski definition) is 4. The van der Waals surface area contributed by atoms with Crippen LogP contribution in [0.1, 0.15) is 28.9 Å². The van der Waals surface area contributed by atoms with Gasteiger partial charge in [0.05, 0.1) is 17.5 Å². The van der Waals surface area contributed by atoms with Gasteiger partial charge in [-0.05, 0) is 37.6 Å². The Hall–Kier alpha value is -2.63. The van der Waals surface area contributed by atoms with Crippen molar-refractivity contribution in [2.75, 3.05) is 13.6 Å². The maximum absolute atomic E-state index is 12.4. The fraction of sp³-hybridized carbons (Fsp3) is 0.312. The minimum Gasteiger partial charge on any atom is -0.481 e. The largest absolute Gasteiger partial charge is 0.481 e. The topological polar surface area (TPSA) is 83.6 Å². The number of rotatable bonds is 6. The van der Waals surface area contributed by atoms with Crippen LogP contribution in [0.5, 0.6) is 0 Å². The van der Waals surface area contributed by atoms with E-state index in [-0.39, 0.29) is 12.3 Å². The molecule has 0 aliphatic rings. The predicted octanol–water partition coefficient (Wildman–Crippen LogP) is 2.59. The summed E-state index contributed by atoms with van der Waals surface area (Å²) < 4.78 is 5.28. The van der Waals surface area contributed by atoms with Crippen molar-refractivity contribution < 1.29 is 19.1 Å². The van der Waals surface area contributed by atoms with Crippen LogP contribution in [0.25, 0.3) is 11.5 Å². The van der Waals surface area contributed by atoms with Crippen LogP contribution in [0, 0.1) is 6.92 Å². The lowest BCUT2D eigenvalue weighted by Crippen LogP contribution is -2.29. The summed E-state index contributed by atoms with van der Waals surface area (Å²) in [5.41, 5.74) is 1.80. The fourth-order valence-corrected chi connectivity index (χ4v) is 2.12. The molecule has 2 rings (SSSR count). The zero-order chi connectivity index (χ0) is 16.1. The number of aromatic nitrogens is 1. The number of carbonyl (C=O) groups excluding carboxylic acids is 1. The molecule has 0 atom stereocenters. The van der Waals surface area contributed by atoms with Crippen LogP contribution in [0.3, 0.4) is 0 Å². The molecule has 0 aliphatic carbocycles. The monoisotopic (exact) mass is 302 g/mol. The molecular formula is C16H18N2O4. The van der Waals surface area contributed by atoms with Gasteiger partial charge < -0.3 is 14.4 Å². The molecule has 116 valence electrons. The molecule has 6 nitrogen and oxygen atoms in total. The van der Waals surface area contributed by atoms with Gasteiger partial charge in [-0.15, -0.1) is 0 Å². The lowest BCUT2D eigenvalue weighted by atomic mass is 10.1. The normalized spacial score (nSPS) is 10.5. The van der Waals surface area contributed by atoms with Crippen molar-refractivity contribution in [3.05, 3.63) is 41.8 Å². The van der Waals surface area contributed by atoms with Gasteiger partial charge in [-0.25, -0.2) is 4.98 Å². The average molecular weight is 302 g/mol. The molecule has 1 N–H and O–H groups in total. The first-order valence-electron chi connectivity index (χ1n) is 6.98. The molecule has 0 saturated heterocycles. The lowest BCUT2D eigenvalue weighted by Gasteiger charge is -2.17. The number of nitrogens with zero attached hydrogens (tertiary/aromatic N) is 2. The van der Waals surface area contributed by atoms with Crippen LogP contribution in [0.15, 0.2) is 34.9 Å². The maximum atomic E-state index is 12.4. The molecule has 2 heterocycles. The SMILES string of the molecule is Cc1nc(-c2ccco2)ccc1C(=O)N(C)CCCC(=O)O. The van der Waals surface area contributed by atoms with Gasteiger partial charge in [-0.3, -0.25) is 9.59 Å². The van der Waals surface area contributed by atoms with Gasteiger partial charge in [-0.2, -0.15) is 0 Å². The van der Waals surface area contributed by atoms with E-state index >= 15 is 0 Å². The minimum atomic E-state index is -0.860. The Kier molecular flexibility index (Phi) is 4.93. The molecule has 0 radical (unpaired) electrons. The molecule has 1 amide bonds. The molecule has 0 aliphatic heterocycles. The van der Waals surface area contributed by atoms with Crippen molar-refractivity contribution in [3.8, 4) is 11.5 Å². The predicted molar refractivity (Wildman–Crippen MR) is 80.5 cm³/mol. The van der Waals surface area contributed by atoms with Crippen molar-refractivity contribution in [3.63, 3.8) is 0 Å². The molecule has 22 heavy (non-hydrogen) atoms. The zero-order valence-electron chi connectivity index (χ0n) is 12.6. The molecule has 2 aromatic heterocycles. The minimum absolute atomic E-state index is 0.0479. The number of carboxylic acids is 1. The molecular weight excluding hydrogens is 284 g/mol. The second kappa shape index (κ2) is 6.89. The van der Waals surface area contributed by atoms with E-state index in [0.717, 1.165) is 0 Å². The zero-order valence-corrected chi connectivity index (χ0v) is 12.6. The van der Waals surface area contributed by atoms with Crippen molar-refractivity contribution in [2.24, 2.45) is 0 Å². The molecule has 0 aromatic carbocycles. The summed E-state index contributed by atoms with van der Waals surface area (Å²) in [6, 6.07) is 7.04. The van der Waals surface area contributed by atoms with E-state index in [4.69, 9.17) is 9.52 Å². The van der Waals surface area contributed by atoms with Gasteiger partial charge in [0.25, 0.3) is 5.91 Å².